The Balaban J connectivity index is 0.00000220. The molecule has 122 valence electrons. The minimum Gasteiger partial charge on any atom is -0.341 e. The zero-order valence-electron chi connectivity index (χ0n) is 13.1. The summed E-state index contributed by atoms with van der Waals surface area (Å²) in [6.07, 6.45) is 4.78. The highest BCUT2D eigenvalue weighted by Crippen LogP contribution is 2.30. The first-order chi connectivity index (χ1) is 9.63. The normalized spacial score (nSPS) is 20.9. The highest BCUT2D eigenvalue weighted by atomic mass is 35.5. The number of carbonyl (C=O) groups is 2. The van der Waals surface area contributed by atoms with Crippen molar-refractivity contribution in [2.24, 2.45) is 5.92 Å². The van der Waals surface area contributed by atoms with Crippen LogP contribution in [0, 0.1) is 5.92 Å². The first-order valence-corrected chi connectivity index (χ1v) is 7.95. The van der Waals surface area contributed by atoms with E-state index in [-0.39, 0.29) is 30.1 Å². The number of hydrogen-bond acceptors (Lipinski definition) is 3. The summed E-state index contributed by atoms with van der Waals surface area (Å²) < 4.78 is 0. The van der Waals surface area contributed by atoms with Crippen LogP contribution in [0.5, 0.6) is 0 Å². The fourth-order valence-corrected chi connectivity index (χ4v) is 3.17. The van der Waals surface area contributed by atoms with E-state index in [4.69, 9.17) is 0 Å². The van der Waals surface area contributed by atoms with Crippen molar-refractivity contribution in [2.75, 3.05) is 26.2 Å². The average molecular weight is 318 g/mol. The Morgan fingerprint density at radius 1 is 1.14 bits per heavy atom. The Kier molecular flexibility index (Phi) is 6.94. The van der Waals surface area contributed by atoms with Crippen molar-refractivity contribution in [3.8, 4) is 0 Å². The lowest BCUT2D eigenvalue weighted by Gasteiger charge is -2.41. The lowest BCUT2D eigenvalue weighted by Crippen LogP contribution is -2.63. The van der Waals surface area contributed by atoms with Crippen molar-refractivity contribution in [1.82, 2.24) is 15.5 Å². The van der Waals surface area contributed by atoms with Gasteiger partial charge in [0.05, 0.1) is 5.92 Å². The van der Waals surface area contributed by atoms with Gasteiger partial charge in [0.25, 0.3) is 0 Å². The maximum atomic E-state index is 12.8. The average Bonchev–Trinajstić information content (AvgIpc) is 2.38. The van der Waals surface area contributed by atoms with Crippen LogP contribution in [-0.4, -0.2) is 48.4 Å². The van der Waals surface area contributed by atoms with Crippen LogP contribution in [0.1, 0.15) is 46.0 Å². The fourth-order valence-electron chi connectivity index (χ4n) is 3.17. The van der Waals surface area contributed by atoms with Crippen LogP contribution in [0.2, 0.25) is 0 Å². The molecule has 0 aromatic rings. The summed E-state index contributed by atoms with van der Waals surface area (Å²) in [4.78, 5) is 27.0. The molecule has 2 amide bonds. The van der Waals surface area contributed by atoms with Crippen LogP contribution < -0.4 is 10.6 Å². The van der Waals surface area contributed by atoms with Crippen LogP contribution in [-0.2, 0) is 9.59 Å². The number of likely N-dealkylation sites (N-methyl/N-ethyl adjacent to an activating group) is 1. The molecule has 1 aliphatic heterocycles. The number of carbonyl (C=O) groups excluding carboxylic acids is 2. The van der Waals surface area contributed by atoms with Crippen molar-refractivity contribution in [3.63, 3.8) is 0 Å². The summed E-state index contributed by atoms with van der Waals surface area (Å²) in [6.45, 7) is 6.88. The van der Waals surface area contributed by atoms with Gasteiger partial charge in [0.1, 0.15) is 5.54 Å². The molecule has 0 bridgehead atoms. The number of nitrogens with one attached hydrogen (secondary N) is 2. The third-order valence-electron chi connectivity index (χ3n) is 4.68. The van der Waals surface area contributed by atoms with Crippen LogP contribution in [0.3, 0.4) is 0 Å². The second-order valence-electron chi connectivity index (χ2n) is 5.96. The number of amides is 2. The molecule has 2 aliphatic rings. The topological polar surface area (TPSA) is 61.4 Å². The number of hydrogen-bond donors (Lipinski definition) is 2. The molecule has 0 aromatic carbocycles. The highest BCUT2D eigenvalue weighted by molar-refractivity contribution is 5.92. The van der Waals surface area contributed by atoms with Gasteiger partial charge in [-0.2, -0.15) is 0 Å². The summed E-state index contributed by atoms with van der Waals surface area (Å²) >= 11 is 0. The van der Waals surface area contributed by atoms with Gasteiger partial charge >= 0.3 is 0 Å². The first kappa shape index (κ1) is 18.2. The van der Waals surface area contributed by atoms with E-state index in [1.165, 1.54) is 0 Å². The van der Waals surface area contributed by atoms with Crippen molar-refractivity contribution in [3.05, 3.63) is 0 Å². The summed E-state index contributed by atoms with van der Waals surface area (Å²) in [6, 6.07) is 0. The predicted octanol–water partition coefficient (Wildman–Crippen LogP) is 1.32. The molecular weight excluding hydrogens is 290 g/mol. The number of rotatable bonds is 5. The SMILES string of the molecule is CCN(CC)C(=O)C1(NC(=O)C2CNC2)CCCCC1.Cl. The molecule has 0 atom stereocenters. The van der Waals surface area contributed by atoms with Crippen LogP contribution in [0.25, 0.3) is 0 Å². The molecule has 0 radical (unpaired) electrons. The molecular formula is C15H28ClN3O2. The van der Waals surface area contributed by atoms with E-state index >= 15 is 0 Å². The van der Waals surface area contributed by atoms with Gasteiger partial charge in [0.15, 0.2) is 0 Å². The maximum absolute atomic E-state index is 12.8. The molecule has 0 aromatic heterocycles. The van der Waals surface area contributed by atoms with E-state index in [2.05, 4.69) is 10.6 Å². The van der Waals surface area contributed by atoms with Crippen molar-refractivity contribution < 1.29 is 9.59 Å². The maximum Gasteiger partial charge on any atom is 0.248 e. The lowest BCUT2D eigenvalue weighted by molar-refractivity contribution is -0.144. The molecule has 6 heteroatoms. The molecule has 2 N–H and O–H groups in total. The van der Waals surface area contributed by atoms with E-state index in [9.17, 15) is 9.59 Å². The molecule has 0 unspecified atom stereocenters. The molecule has 5 nitrogen and oxygen atoms in total. The largest absolute Gasteiger partial charge is 0.341 e. The first-order valence-electron chi connectivity index (χ1n) is 7.95. The van der Waals surface area contributed by atoms with Gasteiger partial charge in [0, 0.05) is 26.2 Å². The van der Waals surface area contributed by atoms with Crippen molar-refractivity contribution >= 4 is 24.2 Å². The van der Waals surface area contributed by atoms with Crippen LogP contribution >= 0.6 is 12.4 Å². The molecule has 1 saturated heterocycles. The van der Waals surface area contributed by atoms with E-state index < -0.39 is 5.54 Å². The van der Waals surface area contributed by atoms with Gasteiger partial charge in [-0.15, -0.1) is 12.4 Å². The van der Waals surface area contributed by atoms with Crippen molar-refractivity contribution in [1.29, 1.82) is 0 Å². The number of halogens is 1. The van der Waals surface area contributed by atoms with Gasteiger partial charge in [-0.25, -0.2) is 0 Å². The van der Waals surface area contributed by atoms with Gasteiger partial charge < -0.3 is 15.5 Å². The Hall–Kier alpha value is -0.810. The van der Waals surface area contributed by atoms with Gasteiger partial charge in [-0.05, 0) is 26.7 Å². The Morgan fingerprint density at radius 3 is 2.14 bits per heavy atom. The Labute approximate surface area is 133 Å². The summed E-state index contributed by atoms with van der Waals surface area (Å²) in [5.41, 5.74) is -0.642. The monoisotopic (exact) mass is 317 g/mol. The van der Waals surface area contributed by atoms with Crippen LogP contribution in [0.4, 0.5) is 0 Å². The standard InChI is InChI=1S/C15H27N3O2.ClH/c1-3-18(4-2)14(20)15(8-6-5-7-9-15)17-13(19)12-10-16-11-12;/h12,16H,3-11H2,1-2H3,(H,17,19);1H. The smallest absolute Gasteiger partial charge is 0.248 e. The zero-order chi connectivity index (χ0) is 14.6. The molecule has 1 heterocycles. The molecule has 2 fully saturated rings. The molecule has 2 rings (SSSR count). The second kappa shape index (κ2) is 7.99. The predicted molar refractivity (Wildman–Crippen MR) is 85.5 cm³/mol. The summed E-state index contributed by atoms with van der Waals surface area (Å²) in [5, 5.41) is 6.22. The summed E-state index contributed by atoms with van der Waals surface area (Å²) in [5.74, 6) is 0.201. The molecule has 1 saturated carbocycles. The molecule has 21 heavy (non-hydrogen) atoms. The number of nitrogens with zero attached hydrogens (tertiary/aromatic N) is 1. The molecule has 1 aliphatic carbocycles. The quantitative estimate of drug-likeness (QED) is 0.804. The molecule has 0 spiro atoms. The van der Waals surface area contributed by atoms with E-state index in [1.807, 2.05) is 18.7 Å². The van der Waals surface area contributed by atoms with E-state index in [0.29, 0.717) is 13.1 Å². The third-order valence-corrected chi connectivity index (χ3v) is 4.68. The third kappa shape index (κ3) is 3.89. The Bertz CT molecular complexity index is 362. The minimum atomic E-state index is -0.642. The zero-order valence-corrected chi connectivity index (χ0v) is 13.9. The van der Waals surface area contributed by atoms with Gasteiger partial charge in [-0.1, -0.05) is 19.3 Å². The Morgan fingerprint density at radius 2 is 1.71 bits per heavy atom. The minimum absolute atomic E-state index is 0. The van der Waals surface area contributed by atoms with Gasteiger partial charge in [-0.3, -0.25) is 9.59 Å². The lowest BCUT2D eigenvalue weighted by atomic mass is 9.79. The highest BCUT2D eigenvalue weighted by Gasteiger charge is 2.44. The fraction of sp³-hybridized carbons (Fsp3) is 0.867. The van der Waals surface area contributed by atoms with Crippen molar-refractivity contribution in [2.45, 2.75) is 51.5 Å². The summed E-state index contributed by atoms with van der Waals surface area (Å²) in [7, 11) is 0. The van der Waals surface area contributed by atoms with E-state index in [0.717, 1.165) is 45.2 Å². The van der Waals surface area contributed by atoms with E-state index in [1.54, 1.807) is 0 Å². The van der Waals surface area contributed by atoms with Crippen LogP contribution in [0.15, 0.2) is 0 Å². The van der Waals surface area contributed by atoms with Gasteiger partial charge in [0.2, 0.25) is 11.8 Å². The second-order valence-corrected chi connectivity index (χ2v) is 5.96.